The fourth-order valence-electron chi connectivity index (χ4n) is 2.99. The molecule has 1 unspecified atom stereocenters. The summed E-state index contributed by atoms with van der Waals surface area (Å²) in [4.78, 5) is 38.2. The molecule has 9 heteroatoms. The number of ether oxygens (including phenoxy) is 4. The van der Waals surface area contributed by atoms with Crippen molar-refractivity contribution >= 4 is 23.3 Å². The van der Waals surface area contributed by atoms with Crippen molar-refractivity contribution in [2.45, 2.75) is 19.9 Å². The molecule has 1 saturated heterocycles. The first-order chi connectivity index (χ1) is 13.0. The predicted molar refractivity (Wildman–Crippen MR) is 94.0 cm³/mol. The van der Waals surface area contributed by atoms with E-state index >= 15 is 0 Å². The van der Waals surface area contributed by atoms with Gasteiger partial charge in [-0.25, -0.2) is 0 Å². The van der Waals surface area contributed by atoms with Gasteiger partial charge in [-0.15, -0.1) is 0 Å². The molecule has 0 spiro atoms. The van der Waals surface area contributed by atoms with Crippen LogP contribution in [0.15, 0.2) is 12.1 Å². The Morgan fingerprint density at radius 2 is 2.00 bits per heavy atom. The van der Waals surface area contributed by atoms with Crippen LogP contribution in [0, 0.1) is 0 Å². The Kier molecular flexibility index (Phi) is 5.92. The van der Waals surface area contributed by atoms with Gasteiger partial charge in [-0.1, -0.05) is 0 Å². The Bertz CT molecular complexity index is 749. The van der Waals surface area contributed by atoms with Crippen LogP contribution in [0.4, 0.5) is 5.69 Å². The van der Waals surface area contributed by atoms with E-state index in [-0.39, 0.29) is 38.2 Å². The number of carbonyl (C=O) groups is 3. The van der Waals surface area contributed by atoms with Crippen molar-refractivity contribution in [2.24, 2.45) is 0 Å². The maximum atomic E-state index is 12.6. The minimum absolute atomic E-state index is 0.0291. The first-order valence-corrected chi connectivity index (χ1v) is 8.72. The standard InChI is InChI=1S/C18H22N2O7/c1-3-25-18(23)14-9-24-5-4-20(14)8-17(22)19-13-7-16-15(26-10-27-16)6-12(13)11(2)21/h6-7,14H,3-5,8-10H2,1-2H3,(H,19,22). The fraction of sp³-hybridized carbons (Fsp3) is 0.500. The highest BCUT2D eigenvalue weighted by atomic mass is 16.7. The summed E-state index contributed by atoms with van der Waals surface area (Å²) in [5.41, 5.74) is 0.675. The van der Waals surface area contributed by atoms with Crippen LogP contribution in [0.2, 0.25) is 0 Å². The molecule has 9 nitrogen and oxygen atoms in total. The number of hydrogen-bond acceptors (Lipinski definition) is 8. The van der Waals surface area contributed by atoms with E-state index in [0.29, 0.717) is 35.9 Å². The number of nitrogens with one attached hydrogen (secondary N) is 1. The van der Waals surface area contributed by atoms with Crippen molar-refractivity contribution in [3.05, 3.63) is 17.7 Å². The molecule has 1 fully saturated rings. The number of ketones is 1. The summed E-state index contributed by atoms with van der Waals surface area (Å²) >= 11 is 0. The lowest BCUT2D eigenvalue weighted by atomic mass is 10.1. The molecular weight excluding hydrogens is 356 g/mol. The Labute approximate surface area is 156 Å². The molecule has 146 valence electrons. The zero-order chi connectivity index (χ0) is 19.4. The topological polar surface area (TPSA) is 103 Å². The highest BCUT2D eigenvalue weighted by Crippen LogP contribution is 2.37. The first-order valence-electron chi connectivity index (χ1n) is 8.72. The van der Waals surface area contributed by atoms with Crippen molar-refractivity contribution in [2.75, 3.05) is 45.0 Å². The van der Waals surface area contributed by atoms with Gasteiger partial charge in [-0.2, -0.15) is 0 Å². The van der Waals surface area contributed by atoms with Crippen LogP contribution in [0.1, 0.15) is 24.2 Å². The maximum Gasteiger partial charge on any atom is 0.325 e. The molecule has 2 heterocycles. The van der Waals surface area contributed by atoms with Crippen molar-refractivity contribution < 1.29 is 33.3 Å². The van der Waals surface area contributed by atoms with E-state index in [4.69, 9.17) is 18.9 Å². The third-order valence-electron chi connectivity index (χ3n) is 4.31. The monoisotopic (exact) mass is 378 g/mol. The van der Waals surface area contributed by atoms with Crippen LogP contribution >= 0.6 is 0 Å². The predicted octanol–water partition coefficient (Wildman–Crippen LogP) is 0.820. The first kappa shape index (κ1) is 19.1. The summed E-state index contributed by atoms with van der Waals surface area (Å²) in [7, 11) is 0. The molecule has 0 saturated carbocycles. The normalized spacial score (nSPS) is 18.8. The molecule has 1 atom stereocenters. The van der Waals surface area contributed by atoms with E-state index in [0.717, 1.165) is 0 Å². The molecule has 1 aromatic rings. The third-order valence-corrected chi connectivity index (χ3v) is 4.31. The zero-order valence-corrected chi connectivity index (χ0v) is 15.3. The Morgan fingerprint density at radius 1 is 1.26 bits per heavy atom. The van der Waals surface area contributed by atoms with Crippen LogP contribution < -0.4 is 14.8 Å². The van der Waals surface area contributed by atoms with Gasteiger partial charge in [-0.05, 0) is 19.9 Å². The van der Waals surface area contributed by atoms with Crippen LogP contribution in [0.25, 0.3) is 0 Å². The smallest absolute Gasteiger partial charge is 0.325 e. The average molecular weight is 378 g/mol. The number of benzene rings is 1. The molecule has 2 aliphatic rings. The SMILES string of the molecule is CCOC(=O)C1COCCN1CC(=O)Nc1cc2c(cc1C(C)=O)OCO2. The lowest BCUT2D eigenvalue weighted by molar-refractivity contribution is -0.156. The number of rotatable bonds is 6. The number of amides is 1. The Hall–Kier alpha value is -2.65. The Morgan fingerprint density at radius 3 is 2.70 bits per heavy atom. The van der Waals surface area contributed by atoms with E-state index < -0.39 is 12.0 Å². The second-order valence-corrected chi connectivity index (χ2v) is 6.17. The third kappa shape index (κ3) is 4.37. The van der Waals surface area contributed by atoms with Gasteiger partial charge in [0.05, 0.1) is 32.1 Å². The lowest BCUT2D eigenvalue weighted by Crippen LogP contribution is -2.52. The maximum absolute atomic E-state index is 12.6. The van der Waals surface area contributed by atoms with Gasteiger partial charge in [0.25, 0.3) is 0 Å². The molecule has 0 aliphatic carbocycles. The summed E-state index contributed by atoms with van der Waals surface area (Å²) in [6, 6.07) is 2.49. The number of fused-ring (bicyclic) bond motifs is 1. The lowest BCUT2D eigenvalue weighted by Gasteiger charge is -2.33. The minimum atomic E-state index is -0.631. The number of morpholine rings is 1. The van der Waals surface area contributed by atoms with Gasteiger partial charge in [0.2, 0.25) is 12.7 Å². The number of anilines is 1. The molecule has 1 N–H and O–H groups in total. The molecule has 0 aromatic heterocycles. The van der Waals surface area contributed by atoms with Gasteiger partial charge in [0, 0.05) is 18.2 Å². The molecular formula is C18H22N2O7. The molecule has 0 bridgehead atoms. The van der Waals surface area contributed by atoms with E-state index in [1.165, 1.54) is 6.92 Å². The van der Waals surface area contributed by atoms with E-state index in [1.54, 1.807) is 24.0 Å². The van der Waals surface area contributed by atoms with Crippen LogP contribution in [0.5, 0.6) is 11.5 Å². The Balaban J connectivity index is 1.71. The van der Waals surface area contributed by atoms with E-state index in [9.17, 15) is 14.4 Å². The highest BCUT2D eigenvalue weighted by molar-refractivity contribution is 6.05. The largest absolute Gasteiger partial charge is 0.465 e. The number of nitrogens with zero attached hydrogens (tertiary/aromatic N) is 1. The zero-order valence-electron chi connectivity index (χ0n) is 15.3. The van der Waals surface area contributed by atoms with E-state index in [2.05, 4.69) is 5.32 Å². The van der Waals surface area contributed by atoms with Gasteiger partial charge >= 0.3 is 5.97 Å². The van der Waals surface area contributed by atoms with Crippen LogP contribution in [-0.4, -0.2) is 68.3 Å². The molecule has 3 rings (SSSR count). The van der Waals surface area contributed by atoms with Gasteiger partial charge in [-0.3, -0.25) is 19.3 Å². The molecule has 2 aliphatic heterocycles. The van der Waals surface area contributed by atoms with Gasteiger partial charge in [0.15, 0.2) is 17.3 Å². The number of carbonyl (C=O) groups excluding carboxylic acids is 3. The molecule has 0 radical (unpaired) electrons. The summed E-state index contributed by atoms with van der Waals surface area (Å²) < 4.78 is 21.0. The summed E-state index contributed by atoms with van der Waals surface area (Å²) in [5, 5.41) is 2.73. The van der Waals surface area contributed by atoms with Crippen molar-refractivity contribution in [1.82, 2.24) is 4.90 Å². The van der Waals surface area contributed by atoms with Crippen molar-refractivity contribution in [3.63, 3.8) is 0 Å². The number of esters is 1. The second kappa shape index (κ2) is 8.36. The van der Waals surface area contributed by atoms with Gasteiger partial charge in [0.1, 0.15) is 6.04 Å². The van der Waals surface area contributed by atoms with Crippen molar-refractivity contribution in [1.29, 1.82) is 0 Å². The minimum Gasteiger partial charge on any atom is -0.465 e. The second-order valence-electron chi connectivity index (χ2n) is 6.17. The van der Waals surface area contributed by atoms with E-state index in [1.807, 2.05) is 0 Å². The number of Topliss-reactive ketones (excluding diaryl/α,β-unsaturated/α-hetero) is 1. The summed E-state index contributed by atoms with van der Waals surface area (Å²) in [5.74, 6) is -0.0516. The van der Waals surface area contributed by atoms with Crippen LogP contribution in [-0.2, 0) is 19.1 Å². The average Bonchev–Trinajstić information content (AvgIpc) is 3.08. The summed E-state index contributed by atoms with van der Waals surface area (Å²) in [6.07, 6.45) is 0. The molecule has 1 amide bonds. The number of hydrogen-bond donors (Lipinski definition) is 1. The van der Waals surface area contributed by atoms with Gasteiger partial charge < -0.3 is 24.3 Å². The van der Waals surface area contributed by atoms with Crippen molar-refractivity contribution in [3.8, 4) is 11.5 Å². The fourth-order valence-corrected chi connectivity index (χ4v) is 2.99. The molecule has 1 aromatic carbocycles. The highest BCUT2D eigenvalue weighted by Gasteiger charge is 2.32. The van der Waals surface area contributed by atoms with Crippen LogP contribution in [0.3, 0.4) is 0 Å². The molecule has 27 heavy (non-hydrogen) atoms. The quantitative estimate of drug-likeness (QED) is 0.573. The summed E-state index contributed by atoms with van der Waals surface area (Å²) in [6.45, 7) is 4.46.